The minimum Gasteiger partial charge on any atom is -0.496 e. The smallest absolute Gasteiger partial charge is 0.191 e. The monoisotopic (exact) mass is 458 g/mol. The molecule has 138 valence electrons. The summed E-state index contributed by atoms with van der Waals surface area (Å²) in [5.41, 5.74) is 1.06. The molecule has 8 heteroatoms. The summed E-state index contributed by atoms with van der Waals surface area (Å²) in [6.45, 7) is 7.05. The SMILES string of the molecule is CCNC(=NCc1ccccc1OC)NCCn1cnnc1CC.I. The van der Waals surface area contributed by atoms with Crippen molar-refractivity contribution in [2.24, 2.45) is 4.99 Å². The number of guanidine groups is 1. The third kappa shape index (κ3) is 6.52. The van der Waals surface area contributed by atoms with Crippen molar-refractivity contribution in [1.29, 1.82) is 0 Å². The highest BCUT2D eigenvalue weighted by molar-refractivity contribution is 14.0. The van der Waals surface area contributed by atoms with Gasteiger partial charge in [-0.05, 0) is 13.0 Å². The van der Waals surface area contributed by atoms with Crippen LogP contribution in [0.2, 0.25) is 0 Å². The maximum absolute atomic E-state index is 5.37. The Balaban J connectivity index is 0.00000312. The fourth-order valence-electron chi connectivity index (χ4n) is 2.37. The lowest BCUT2D eigenvalue weighted by molar-refractivity contribution is 0.410. The van der Waals surface area contributed by atoms with Crippen LogP contribution in [0.15, 0.2) is 35.6 Å². The second-order valence-electron chi connectivity index (χ2n) is 5.23. The average Bonchev–Trinajstić information content (AvgIpc) is 3.07. The first-order valence-electron chi connectivity index (χ1n) is 8.29. The molecule has 0 saturated heterocycles. The van der Waals surface area contributed by atoms with Crippen LogP contribution >= 0.6 is 24.0 Å². The molecular formula is C17H27IN6O. The Morgan fingerprint density at radius 1 is 1.24 bits per heavy atom. The first-order valence-corrected chi connectivity index (χ1v) is 8.29. The predicted molar refractivity (Wildman–Crippen MR) is 111 cm³/mol. The second-order valence-corrected chi connectivity index (χ2v) is 5.23. The predicted octanol–water partition coefficient (Wildman–Crippen LogP) is 2.22. The number of ether oxygens (including phenoxy) is 1. The number of hydrogen-bond donors (Lipinski definition) is 2. The number of para-hydroxylation sites is 1. The van der Waals surface area contributed by atoms with Crippen molar-refractivity contribution in [2.45, 2.75) is 33.4 Å². The summed E-state index contributed by atoms with van der Waals surface area (Å²) in [5, 5.41) is 14.6. The summed E-state index contributed by atoms with van der Waals surface area (Å²) in [6, 6.07) is 7.92. The van der Waals surface area contributed by atoms with Gasteiger partial charge < -0.3 is 19.9 Å². The van der Waals surface area contributed by atoms with E-state index < -0.39 is 0 Å². The molecule has 0 aliphatic heterocycles. The summed E-state index contributed by atoms with van der Waals surface area (Å²) < 4.78 is 7.42. The molecule has 0 radical (unpaired) electrons. The van der Waals surface area contributed by atoms with E-state index in [2.05, 4.69) is 44.2 Å². The standard InChI is InChI=1S/C17H26N6O.HI/c1-4-16-22-21-13-23(16)11-10-19-17(18-5-2)20-12-14-8-6-7-9-15(14)24-3;/h6-9,13H,4-5,10-12H2,1-3H3,(H2,18,19,20);1H. The average molecular weight is 458 g/mol. The van der Waals surface area contributed by atoms with Crippen LogP contribution in [0.1, 0.15) is 25.2 Å². The molecule has 0 atom stereocenters. The number of methoxy groups -OCH3 is 1. The van der Waals surface area contributed by atoms with E-state index in [9.17, 15) is 0 Å². The van der Waals surface area contributed by atoms with Gasteiger partial charge in [0.25, 0.3) is 0 Å². The van der Waals surface area contributed by atoms with Crippen LogP contribution < -0.4 is 15.4 Å². The molecule has 2 aromatic rings. The van der Waals surface area contributed by atoms with Crippen LogP contribution in [0.25, 0.3) is 0 Å². The van der Waals surface area contributed by atoms with Gasteiger partial charge in [0.1, 0.15) is 17.9 Å². The molecule has 0 unspecified atom stereocenters. The minimum absolute atomic E-state index is 0. The van der Waals surface area contributed by atoms with Crippen LogP contribution in [-0.4, -0.2) is 40.9 Å². The first-order chi connectivity index (χ1) is 11.8. The summed E-state index contributed by atoms with van der Waals surface area (Å²) in [4.78, 5) is 4.63. The zero-order chi connectivity index (χ0) is 17.2. The van der Waals surface area contributed by atoms with Gasteiger partial charge in [0.05, 0.1) is 13.7 Å². The van der Waals surface area contributed by atoms with E-state index in [4.69, 9.17) is 4.74 Å². The quantitative estimate of drug-likeness (QED) is 0.361. The summed E-state index contributed by atoms with van der Waals surface area (Å²) in [7, 11) is 1.68. The number of rotatable bonds is 8. The minimum atomic E-state index is 0. The van der Waals surface area contributed by atoms with Gasteiger partial charge >= 0.3 is 0 Å². The molecule has 1 aromatic heterocycles. The van der Waals surface area contributed by atoms with Crippen molar-refractivity contribution in [3.05, 3.63) is 42.0 Å². The molecule has 0 aliphatic carbocycles. The first kappa shape index (κ1) is 21.2. The highest BCUT2D eigenvalue weighted by Gasteiger charge is 2.04. The number of aliphatic imine (C=N–C) groups is 1. The van der Waals surface area contributed by atoms with E-state index in [0.29, 0.717) is 6.54 Å². The maximum atomic E-state index is 5.37. The largest absolute Gasteiger partial charge is 0.496 e. The number of halogens is 1. The topological polar surface area (TPSA) is 76.4 Å². The molecule has 2 N–H and O–H groups in total. The molecule has 25 heavy (non-hydrogen) atoms. The molecule has 1 heterocycles. The van der Waals surface area contributed by atoms with E-state index in [0.717, 1.165) is 49.2 Å². The Hall–Kier alpha value is -1.84. The van der Waals surface area contributed by atoms with Crippen LogP contribution in [0.4, 0.5) is 0 Å². The molecule has 0 saturated carbocycles. The summed E-state index contributed by atoms with van der Waals surface area (Å²) in [5.74, 6) is 2.64. The lowest BCUT2D eigenvalue weighted by atomic mass is 10.2. The second kappa shape index (κ2) is 11.7. The molecular weight excluding hydrogens is 431 g/mol. The molecule has 0 spiro atoms. The normalized spacial score (nSPS) is 10.9. The van der Waals surface area contributed by atoms with Crippen molar-refractivity contribution in [3.8, 4) is 5.75 Å². The van der Waals surface area contributed by atoms with Crippen molar-refractivity contribution >= 4 is 29.9 Å². The van der Waals surface area contributed by atoms with E-state index in [1.165, 1.54) is 0 Å². The van der Waals surface area contributed by atoms with Crippen LogP contribution in [0.3, 0.4) is 0 Å². The zero-order valence-corrected chi connectivity index (χ0v) is 17.4. The fourth-order valence-corrected chi connectivity index (χ4v) is 2.37. The lowest BCUT2D eigenvalue weighted by Crippen LogP contribution is -2.38. The van der Waals surface area contributed by atoms with Crippen LogP contribution in [-0.2, 0) is 19.5 Å². The Morgan fingerprint density at radius 2 is 2.04 bits per heavy atom. The lowest BCUT2D eigenvalue weighted by Gasteiger charge is -2.13. The van der Waals surface area contributed by atoms with Gasteiger partial charge in [0.15, 0.2) is 5.96 Å². The summed E-state index contributed by atoms with van der Waals surface area (Å²) in [6.07, 6.45) is 2.64. The van der Waals surface area contributed by atoms with E-state index in [1.807, 2.05) is 24.3 Å². The van der Waals surface area contributed by atoms with E-state index >= 15 is 0 Å². The third-order valence-electron chi connectivity index (χ3n) is 3.60. The van der Waals surface area contributed by atoms with Gasteiger partial charge in [-0.2, -0.15) is 0 Å². The van der Waals surface area contributed by atoms with E-state index in [1.54, 1.807) is 13.4 Å². The van der Waals surface area contributed by atoms with Crippen LogP contribution in [0.5, 0.6) is 5.75 Å². The Kier molecular flexibility index (Phi) is 9.90. The van der Waals surface area contributed by atoms with Crippen molar-refractivity contribution in [3.63, 3.8) is 0 Å². The molecule has 2 rings (SSSR count). The third-order valence-corrected chi connectivity index (χ3v) is 3.60. The van der Waals surface area contributed by atoms with Crippen molar-refractivity contribution in [2.75, 3.05) is 20.2 Å². The molecule has 1 aromatic carbocycles. The van der Waals surface area contributed by atoms with E-state index in [-0.39, 0.29) is 24.0 Å². The van der Waals surface area contributed by atoms with Crippen LogP contribution in [0, 0.1) is 0 Å². The number of nitrogens with zero attached hydrogens (tertiary/aromatic N) is 4. The van der Waals surface area contributed by atoms with Crippen molar-refractivity contribution < 1.29 is 4.74 Å². The van der Waals surface area contributed by atoms with Gasteiger partial charge in [-0.3, -0.25) is 0 Å². The van der Waals surface area contributed by atoms with Crippen molar-refractivity contribution in [1.82, 2.24) is 25.4 Å². The Morgan fingerprint density at radius 3 is 2.76 bits per heavy atom. The van der Waals surface area contributed by atoms with Gasteiger partial charge in [0.2, 0.25) is 0 Å². The maximum Gasteiger partial charge on any atom is 0.191 e. The highest BCUT2D eigenvalue weighted by atomic mass is 127. The zero-order valence-electron chi connectivity index (χ0n) is 15.0. The summed E-state index contributed by atoms with van der Waals surface area (Å²) >= 11 is 0. The van der Waals surface area contributed by atoms with Gasteiger partial charge in [-0.15, -0.1) is 34.2 Å². The molecule has 0 bridgehead atoms. The molecule has 0 aliphatic rings. The number of aromatic nitrogens is 3. The van der Waals surface area contributed by atoms with Gasteiger partial charge in [-0.1, -0.05) is 25.1 Å². The Labute approximate surface area is 166 Å². The van der Waals surface area contributed by atoms with Gasteiger partial charge in [-0.25, -0.2) is 4.99 Å². The highest BCUT2D eigenvalue weighted by Crippen LogP contribution is 2.17. The molecule has 0 fully saturated rings. The molecule has 7 nitrogen and oxygen atoms in total. The number of hydrogen-bond acceptors (Lipinski definition) is 4. The number of aryl methyl sites for hydroxylation is 1. The number of benzene rings is 1. The van der Waals surface area contributed by atoms with Gasteiger partial charge in [0, 0.05) is 31.6 Å². The fraction of sp³-hybridized carbons (Fsp3) is 0.471. The number of nitrogens with one attached hydrogen (secondary N) is 2. The molecule has 0 amide bonds. The Bertz CT molecular complexity index is 658.